The predicted molar refractivity (Wildman–Crippen MR) is 81.5 cm³/mol. The Morgan fingerprint density at radius 1 is 1.55 bits per heavy atom. The van der Waals surface area contributed by atoms with E-state index in [9.17, 15) is 8.42 Å². The summed E-state index contributed by atoms with van der Waals surface area (Å²) in [6.45, 7) is 1.57. The molecule has 1 fully saturated rings. The summed E-state index contributed by atoms with van der Waals surface area (Å²) < 4.78 is 32.3. The largest absolute Gasteiger partial charge is 0.389 e. The summed E-state index contributed by atoms with van der Waals surface area (Å²) in [6.07, 6.45) is 0.850. The summed E-state index contributed by atoms with van der Waals surface area (Å²) in [4.78, 5) is 0.116. The highest BCUT2D eigenvalue weighted by atomic mass is 35.5. The summed E-state index contributed by atoms with van der Waals surface area (Å²) in [7, 11) is -3.69. The number of nitrogens with two attached hydrogens (primary N) is 1. The van der Waals surface area contributed by atoms with Crippen LogP contribution in [0.3, 0.4) is 0 Å². The lowest BCUT2D eigenvalue weighted by atomic mass is 10.1. The Bertz CT molecular complexity index is 613. The van der Waals surface area contributed by atoms with Gasteiger partial charge in [0.05, 0.1) is 11.6 Å². The molecule has 0 bridgehead atoms. The van der Waals surface area contributed by atoms with Gasteiger partial charge in [0.15, 0.2) is 0 Å². The fourth-order valence-electron chi connectivity index (χ4n) is 1.91. The minimum Gasteiger partial charge on any atom is -0.389 e. The van der Waals surface area contributed by atoms with E-state index in [0.29, 0.717) is 25.3 Å². The SMILES string of the molecule is NC(=S)c1ccc(Cl)c(S(=O)(=O)NCC2CCOC2)c1. The van der Waals surface area contributed by atoms with E-state index in [4.69, 9.17) is 34.3 Å². The Morgan fingerprint density at radius 3 is 2.90 bits per heavy atom. The summed E-state index contributed by atoms with van der Waals surface area (Å²) in [5.41, 5.74) is 5.97. The number of halogens is 1. The Balaban J connectivity index is 2.19. The van der Waals surface area contributed by atoms with E-state index >= 15 is 0 Å². The van der Waals surface area contributed by atoms with Crippen LogP contribution in [0.2, 0.25) is 5.02 Å². The van der Waals surface area contributed by atoms with Crippen molar-refractivity contribution in [1.29, 1.82) is 0 Å². The first kappa shape index (κ1) is 15.7. The summed E-state index contributed by atoms with van der Waals surface area (Å²) in [5.74, 6) is 0.197. The van der Waals surface area contributed by atoms with Crippen molar-refractivity contribution in [3.8, 4) is 0 Å². The van der Waals surface area contributed by atoms with Gasteiger partial charge in [-0.1, -0.05) is 29.9 Å². The zero-order valence-corrected chi connectivity index (χ0v) is 13.0. The molecule has 5 nitrogen and oxygen atoms in total. The molecular formula is C12H15ClN2O3S2. The van der Waals surface area contributed by atoms with Crippen LogP contribution >= 0.6 is 23.8 Å². The number of hydrogen-bond acceptors (Lipinski definition) is 4. The first-order valence-electron chi connectivity index (χ1n) is 6.07. The van der Waals surface area contributed by atoms with E-state index in [1.165, 1.54) is 12.1 Å². The van der Waals surface area contributed by atoms with Crippen LogP contribution in [0.5, 0.6) is 0 Å². The second-order valence-electron chi connectivity index (χ2n) is 4.59. The monoisotopic (exact) mass is 334 g/mol. The van der Waals surface area contributed by atoms with Crippen molar-refractivity contribution in [1.82, 2.24) is 4.72 Å². The molecule has 0 aromatic heterocycles. The fourth-order valence-corrected chi connectivity index (χ4v) is 3.68. The minimum absolute atomic E-state index is 0.0108. The lowest BCUT2D eigenvalue weighted by Crippen LogP contribution is -2.30. The van der Waals surface area contributed by atoms with Gasteiger partial charge in [-0.3, -0.25) is 0 Å². The van der Waals surface area contributed by atoms with Gasteiger partial charge < -0.3 is 10.5 Å². The van der Waals surface area contributed by atoms with Crippen LogP contribution < -0.4 is 10.5 Å². The van der Waals surface area contributed by atoms with Crippen LogP contribution in [0.1, 0.15) is 12.0 Å². The highest BCUT2D eigenvalue weighted by Crippen LogP contribution is 2.23. The van der Waals surface area contributed by atoms with Crippen molar-refractivity contribution in [2.45, 2.75) is 11.3 Å². The van der Waals surface area contributed by atoms with Crippen LogP contribution in [0.4, 0.5) is 0 Å². The van der Waals surface area contributed by atoms with Gasteiger partial charge in [0.1, 0.15) is 9.88 Å². The average molecular weight is 335 g/mol. The van der Waals surface area contributed by atoms with E-state index in [2.05, 4.69) is 4.72 Å². The van der Waals surface area contributed by atoms with Crippen molar-refractivity contribution in [3.63, 3.8) is 0 Å². The second kappa shape index (κ2) is 6.36. The van der Waals surface area contributed by atoms with Gasteiger partial charge in [-0.05, 0) is 24.5 Å². The van der Waals surface area contributed by atoms with E-state index in [1.807, 2.05) is 0 Å². The molecule has 0 saturated carbocycles. The number of thiocarbonyl (C=S) groups is 1. The third-order valence-electron chi connectivity index (χ3n) is 3.09. The molecule has 110 valence electrons. The molecule has 20 heavy (non-hydrogen) atoms. The van der Waals surface area contributed by atoms with Crippen molar-refractivity contribution in [2.75, 3.05) is 19.8 Å². The lowest BCUT2D eigenvalue weighted by Gasteiger charge is -2.12. The van der Waals surface area contributed by atoms with Gasteiger partial charge in [-0.15, -0.1) is 0 Å². The number of hydrogen-bond donors (Lipinski definition) is 2. The number of ether oxygens (including phenoxy) is 1. The maximum Gasteiger partial charge on any atom is 0.242 e. The van der Waals surface area contributed by atoms with Crippen LogP contribution in [0.15, 0.2) is 23.1 Å². The molecule has 1 aromatic carbocycles. The summed E-state index contributed by atoms with van der Waals surface area (Å²) in [5, 5.41) is 0.139. The molecule has 1 unspecified atom stereocenters. The van der Waals surface area contributed by atoms with Gasteiger partial charge in [0, 0.05) is 18.7 Å². The van der Waals surface area contributed by atoms with Gasteiger partial charge in [-0.2, -0.15) is 0 Å². The van der Waals surface area contributed by atoms with Gasteiger partial charge >= 0.3 is 0 Å². The summed E-state index contributed by atoms with van der Waals surface area (Å²) in [6, 6.07) is 4.45. The summed E-state index contributed by atoms with van der Waals surface area (Å²) >= 11 is 10.8. The highest BCUT2D eigenvalue weighted by molar-refractivity contribution is 7.89. The molecule has 8 heteroatoms. The number of benzene rings is 1. The molecule has 3 N–H and O–H groups in total. The maximum atomic E-state index is 12.3. The number of rotatable bonds is 5. The maximum absolute atomic E-state index is 12.3. The highest BCUT2D eigenvalue weighted by Gasteiger charge is 2.22. The Morgan fingerprint density at radius 2 is 2.30 bits per heavy atom. The van der Waals surface area contributed by atoms with E-state index in [0.717, 1.165) is 6.42 Å². The topological polar surface area (TPSA) is 81.4 Å². The zero-order chi connectivity index (χ0) is 14.8. The van der Waals surface area contributed by atoms with Crippen LogP contribution in [-0.4, -0.2) is 33.2 Å². The quantitative estimate of drug-likeness (QED) is 0.793. The molecule has 0 aliphatic carbocycles. The molecule has 1 aromatic rings. The molecule has 2 rings (SSSR count). The average Bonchev–Trinajstić information content (AvgIpc) is 2.89. The molecular weight excluding hydrogens is 320 g/mol. The van der Waals surface area contributed by atoms with Crippen molar-refractivity contribution < 1.29 is 13.2 Å². The Kier molecular flexibility index (Phi) is 4.98. The second-order valence-corrected chi connectivity index (χ2v) is 7.17. The Hall–Kier alpha value is -0.730. The Labute approximate surface area is 128 Å². The van der Waals surface area contributed by atoms with Crippen LogP contribution in [-0.2, 0) is 14.8 Å². The molecule has 1 aliphatic heterocycles. The van der Waals surface area contributed by atoms with E-state index in [-0.39, 0.29) is 20.8 Å². The normalized spacial score (nSPS) is 19.1. The van der Waals surface area contributed by atoms with E-state index < -0.39 is 10.0 Å². The molecule has 0 spiro atoms. The number of nitrogens with one attached hydrogen (secondary N) is 1. The molecule has 1 saturated heterocycles. The lowest BCUT2D eigenvalue weighted by molar-refractivity contribution is 0.186. The first-order valence-corrected chi connectivity index (χ1v) is 8.34. The molecule has 1 atom stereocenters. The molecule has 0 radical (unpaired) electrons. The zero-order valence-electron chi connectivity index (χ0n) is 10.6. The van der Waals surface area contributed by atoms with Gasteiger partial charge in [0.25, 0.3) is 0 Å². The fraction of sp³-hybridized carbons (Fsp3) is 0.417. The third-order valence-corrected chi connectivity index (χ3v) is 5.23. The molecule has 1 aliphatic rings. The van der Waals surface area contributed by atoms with Gasteiger partial charge in [-0.25, -0.2) is 13.1 Å². The first-order chi connectivity index (χ1) is 9.40. The smallest absolute Gasteiger partial charge is 0.242 e. The third kappa shape index (κ3) is 3.67. The molecule has 0 amide bonds. The van der Waals surface area contributed by atoms with Crippen LogP contribution in [0, 0.1) is 5.92 Å². The molecule has 1 heterocycles. The number of sulfonamides is 1. The van der Waals surface area contributed by atoms with Crippen molar-refractivity contribution in [2.24, 2.45) is 11.7 Å². The minimum atomic E-state index is -3.69. The van der Waals surface area contributed by atoms with E-state index in [1.54, 1.807) is 6.07 Å². The predicted octanol–water partition coefficient (Wildman–Crippen LogP) is 1.29. The van der Waals surface area contributed by atoms with Crippen molar-refractivity contribution >= 4 is 38.8 Å². The van der Waals surface area contributed by atoms with Crippen molar-refractivity contribution in [3.05, 3.63) is 28.8 Å². The van der Waals surface area contributed by atoms with Gasteiger partial charge in [0.2, 0.25) is 10.0 Å². The standard InChI is InChI=1S/C12H15ClN2O3S2/c13-10-2-1-9(12(14)19)5-11(10)20(16,17)15-6-8-3-4-18-7-8/h1-2,5,8,15H,3-4,6-7H2,(H2,14,19). The van der Waals surface area contributed by atoms with Crippen LogP contribution in [0.25, 0.3) is 0 Å².